The molecule has 5 rings (SSSR count). The number of aromatic hydroxyl groups is 1. The molecular weight excluding hydrogens is 416 g/mol. The van der Waals surface area contributed by atoms with E-state index in [4.69, 9.17) is 4.74 Å². The van der Waals surface area contributed by atoms with Crippen molar-refractivity contribution in [1.29, 1.82) is 0 Å². The first-order chi connectivity index (χ1) is 16.2. The minimum Gasteiger partial charge on any atom is -0.494 e. The molecular formula is C26H26N4O3. The fourth-order valence-electron chi connectivity index (χ4n) is 4.14. The summed E-state index contributed by atoms with van der Waals surface area (Å²) in [4.78, 5) is 22.7. The Balaban J connectivity index is 1.36. The van der Waals surface area contributed by atoms with Crippen molar-refractivity contribution in [3.63, 3.8) is 0 Å². The molecule has 3 N–H and O–H groups in total. The van der Waals surface area contributed by atoms with Crippen LogP contribution in [0.1, 0.15) is 21.5 Å². The number of pyridine rings is 1. The standard InChI is InChI=1S/C26H26N4O3/c31-25(28-15-18-4-2-1-3-5-18)20-7-9-22-21(14-20)24(26(32)29-22)23-8-6-19(16-27-23)17-30-10-12-33-13-11-30/h1-9,14,16,29,32H,10-13,15,17H2,(H,28,31). The molecule has 0 aliphatic carbocycles. The van der Waals surface area contributed by atoms with Gasteiger partial charge in [-0.05, 0) is 35.4 Å². The van der Waals surface area contributed by atoms with Crippen molar-refractivity contribution in [2.75, 3.05) is 26.3 Å². The molecule has 1 aliphatic heterocycles. The van der Waals surface area contributed by atoms with E-state index in [9.17, 15) is 9.90 Å². The lowest BCUT2D eigenvalue weighted by atomic mass is 10.1. The van der Waals surface area contributed by atoms with Crippen LogP contribution in [-0.2, 0) is 17.8 Å². The lowest BCUT2D eigenvalue weighted by Crippen LogP contribution is -2.35. The van der Waals surface area contributed by atoms with E-state index in [2.05, 4.69) is 20.2 Å². The third-order valence-corrected chi connectivity index (χ3v) is 5.93. The van der Waals surface area contributed by atoms with Crippen LogP contribution in [0, 0.1) is 0 Å². The van der Waals surface area contributed by atoms with Crippen molar-refractivity contribution in [1.82, 2.24) is 20.2 Å². The molecule has 1 aliphatic rings. The lowest BCUT2D eigenvalue weighted by Gasteiger charge is -2.26. The number of H-pyrrole nitrogens is 1. The molecule has 3 heterocycles. The van der Waals surface area contributed by atoms with Gasteiger partial charge in [-0.1, -0.05) is 36.4 Å². The van der Waals surface area contributed by atoms with E-state index in [1.165, 1.54) is 0 Å². The third-order valence-electron chi connectivity index (χ3n) is 5.93. The molecule has 0 atom stereocenters. The predicted octanol–water partition coefficient (Wildman–Crippen LogP) is 3.70. The van der Waals surface area contributed by atoms with Crippen molar-refractivity contribution in [2.45, 2.75) is 13.1 Å². The maximum atomic E-state index is 12.7. The van der Waals surface area contributed by atoms with Crippen LogP contribution >= 0.6 is 0 Å². The molecule has 1 fully saturated rings. The molecule has 0 bridgehead atoms. The van der Waals surface area contributed by atoms with Crippen LogP contribution in [0.2, 0.25) is 0 Å². The Morgan fingerprint density at radius 1 is 1.06 bits per heavy atom. The quantitative estimate of drug-likeness (QED) is 0.424. The SMILES string of the molecule is O=C(NCc1ccccc1)c1ccc2[nH]c(O)c(-c3ccc(CN4CCOCC4)cn3)c2c1. The fraction of sp³-hybridized carbons (Fsp3) is 0.231. The second-order valence-corrected chi connectivity index (χ2v) is 8.22. The van der Waals surface area contributed by atoms with E-state index >= 15 is 0 Å². The number of nitrogens with one attached hydrogen (secondary N) is 2. The molecule has 0 spiro atoms. The molecule has 168 valence electrons. The van der Waals surface area contributed by atoms with Crippen LogP contribution in [0.25, 0.3) is 22.2 Å². The van der Waals surface area contributed by atoms with Crippen LogP contribution in [-0.4, -0.2) is 52.2 Å². The van der Waals surface area contributed by atoms with Gasteiger partial charge in [0.05, 0.1) is 24.5 Å². The van der Waals surface area contributed by atoms with Crippen LogP contribution < -0.4 is 5.32 Å². The number of hydrogen-bond acceptors (Lipinski definition) is 5. The summed E-state index contributed by atoms with van der Waals surface area (Å²) in [7, 11) is 0. The monoisotopic (exact) mass is 442 g/mol. The summed E-state index contributed by atoms with van der Waals surface area (Å²) in [6.07, 6.45) is 1.85. The van der Waals surface area contributed by atoms with E-state index in [0.717, 1.165) is 54.9 Å². The van der Waals surface area contributed by atoms with Gasteiger partial charge in [0.1, 0.15) is 0 Å². The Morgan fingerprint density at radius 3 is 2.64 bits per heavy atom. The number of morpholine rings is 1. The van der Waals surface area contributed by atoms with Crippen molar-refractivity contribution in [2.24, 2.45) is 0 Å². The summed E-state index contributed by atoms with van der Waals surface area (Å²) in [5.74, 6) is -0.124. The van der Waals surface area contributed by atoms with Gasteiger partial charge in [0.15, 0.2) is 5.88 Å². The minimum absolute atomic E-state index is 0.0419. The van der Waals surface area contributed by atoms with Crippen LogP contribution in [0.4, 0.5) is 0 Å². The molecule has 2 aromatic heterocycles. The number of rotatable bonds is 6. The molecule has 7 nitrogen and oxygen atoms in total. The number of aromatic amines is 1. The number of amides is 1. The van der Waals surface area contributed by atoms with Gasteiger partial charge in [0.2, 0.25) is 0 Å². The van der Waals surface area contributed by atoms with E-state index < -0.39 is 0 Å². The van der Waals surface area contributed by atoms with Gasteiger partial charge >= 0.3 is 0 Å². The highest BCUT2D eigenvalue weighted by atomic mass is 16.5. The fourth-order valence-corrected chi connectivity index (χ4v) is 4.14. The lowest BCUT2D eigenvalue weighted by molar-refractivity contribution is 0.0341. The van der Waals surface area contributed by atoms with Crippen molar-refractivity contribution < 1.29 is 14.6 Å². The molecule has 1 saturated heterocycles. The van der Waals surface area contributed by atoms with Gasteiger partial charge in [0.25, 0.3) is 5.91 Å². The molecule has 0 radical (unpaired) electrons. The van der Waals surface area contributed by atoms with Gasteiger partial charge in [-0.25, -0.2) is 0 Å². The van der Waals surface area contributed by atoms with Crippen molar-refractivity contribution in [3.05, 3.63) is 83.6 Å². The summed E-state index contributed by atoms with van der Waals surface area (Å²) in [6.45, 7) is 4.63. The minimum atomic E-state index is -0.166. The number of hydrogen-bond donors (Lipinski definition) is 3. The average molecular weight is 443 g/mol. The summed E-state index contributed by atoms with van der Waals surface area (Å²) in [5.41, 5.74) is 4.69. The number of carbonyl (C=O) groups is 1. The van der Waals surface area contributed by atoms with Crippen molar-refractivity contribution in [3.8, 4) is 17.1 Å². The second-order valence-electron chi connectivity index (χ2n) is 8.22. The zero-order valence-corrected chi connectivity index (χ0v) is 18.3. The van der Waals surface area contributed by atoms with Crippen LogP contribution in [0.5, 0.6) is 5.88 Å². The van der Waals surface area contributed by atoms with E-state index in [-0.39, 0.29) is 11.8 Å². The normalized spacial score (nSPS) is 14.4. The van der Waals surface area contributed by atoms with E-state index in [1.807, 2.05) is 54.7 Å². The number of benzene rings is 2. The van der Waals surface area contributed by atoms with Gasteiger partial charge in [-0.2, -0.15) is 0 Å². The number of aromatic nitrogens is 2. The van der Waals surface area contributed by atoms with Gasteiger partial charge in [0, 0.05) is 48.8 Å². The average Bonchev–Trinajstić information content (AvgIpc) is 3.19. The number of nitrogens with zero attached hydrogens (tertiary/aromatic N) is 2. The van der Waals surface area contributed by atoms with Crippen LogP contribution in [0.3, 0.4) is 0 Å². The third kappa shape index (κ3) is 4.74. The molecule has 0 unspecified atom stereocenters. The Hall–Kier alpha value is -3.68. The Morgan fingerprint density at radius 2 is 1.88 bits per heavy atom. The predicted molar refractivity (Wildman–Crippen MR) is 127 cm³/mol. The zero-order chi connectivity index (χ0) is 22.6. The summed E-state index contributed by atoms with van der Waals surface area (Å²) in [6, 6.07) is 19.1. The highest BCUT2D eigenvalue weighted by molar-refractivity contribution is 6.03. The van der Waals surface area contributed by atoms with Crippen LogP contribution in [0.15, 0.2) is 66.9 Å². The first-order valence-corrected chi connectivity index (χ1v) is 11.1. The highest BCUT2D eigenvalue weighted by Crippen LogP contribution is 2.36. The Bertz CT molecular complexity index is 1250. The number of carbonyl (C=O) groups excluding carboxylic acids is 1. The van der Waals surface area contributed by atoms with E-state index in [1.54, 1.807) is 12.1 Å². The number of fused-ring (bicyclic) bond motifs is 1. The van der Waals surface area contributed by atoms with Gasteiger partial charge < -0.3 is 20.1 Å². The molecule has 7 heteroatoms. The maximum Gasteiger partial charge on any atom is 0.251 e. The Kier molecular flexibility index (Phi) is 6.06. The zero-order valence-electron chi connectivity index (χ0n) is 18.3. The first-order valence-electron chi connectivity index (χ1n) is 11.1. The molecule has 2 aromatic carbocycles. The molecule has 0 saturated carbocycles. The van der Waals surface area contributed by atoms with Gasteiger partial charge in [-0.3, -0.25) is 14.7 Å². The Labute approximate surface area is 192 Å². The van der Waals surface area contributed by atoms with E-state index in [0.29, 0.717) is 23.4 Å². The maximum absolute atomic E-state index is 12.7. The topological polar surface area (TPSA) is 90.5 Å². The summed E-state index contributed by atoms with van der Waals surface area (Å²) >= 11 is 0. The second kappa shape index (κ2) is 9.44. The van der Waals surface area contributed by atoms with Gasteiger partial charge in [-0.15, -0.1) is 0 Å². The number of ether oxygens (including phenoxy) is 1. The smallest absolute Gasteiger partial charge is 0.251 e. The molecule has 33 heavy (non-hydrogen) atoms. The highest BCUT2D eigenvalue weighted by Gasteiger charge is 2.17. The molecule has 4 aromatic rings. The molecule has 1 amide bonds. The summed E-state index contributed by atoms with van der Waals surface area (Å²) in [5, 5.41) is 14.3. The van der Waals surface area contributed by atoms with Crippen molar-refractivity contribution >= 4 is 16.8 Å². The largest absolute Gasteiger partial charge is 0.494 e. The summed E-state index contributed by atoms with van der Waals surface area (Å²) < 4.78 is 5.41. The first kappa shape index (κ1) is 21.2.